The van der Waals surface area contributed by atoms with Gasteiger partial charge in [0.05, 0.1) is 11.4 Å². The van der Waals surface area contributed by atoms with Crippen LogP contribution in [-0.4, -0.2) is 29.6 Å². The van der Waals surface area contributed by atoms with Crippen LogP contribution in [0.4, 0.5) is 0 Å². The van der Waals surface area contributed by atoms with Crippen molar-refractivity contribution in [2.45, 2.75) is 31.7 Å². The molecular weight excluding hydrogens is 360 g/mol. The average molecular weight is 378 g/mol. The molecule has 0 saturated heterocycles. The minimum Gasteiger partial charge on any atom is -0.269 e. The van der Waals surface area contributed by atoms with Crippen molar-refractivity contribution in [3.8, 4) is 5.69 Å². The fraction of sp³-hybridized carbons (Fsp3) is 0.211. The van der Waals surface area contributed by atoms with Gasteiger partial charge in [-0.05, 0) is 60.0 Å². The summed E-state index contributed by atoms with van der Waals surface area (Å²) in [6.45, 7) is 6.05. The molecule has 0 aliphatic carbocycles. The highest BCUT2D eigenvalue weighted by Gasteiger charge is 2.14. The molecule has 4 aromatic rings. The lowest BCUT2D eigenvalue weighted by Gasteiger charge is -2.10. The zero-order chi connectivity index (χ0) is 19.0. The second kappa shape index (κ2) is 6.96. The summed E-state index contributed by atoms with van der Waals surface area (Å²) in [6, 6.07) is 11.4. The number of hydrogen-bond donors (Lipinski definition) is 0. The van der Waals surface area contributed by atoms with E-state index in [9.17, 15) is 4.79 Å². The van der Waals surface area contributed by atoms with E-state index in [0.717, 1.165) is 22.4 Å². The summed E-state index contributed by atoms with van der Waals surface area (Å²) in [5.41, 5.74) is 5.49. The Kier molecular flexibility index (Phi) is 4.49. The molecule has 4 rings (SSSR count). The number of rotatable bonds is 4. The normalized spacial score (nSPS) is 11.2. The summed E-state index contributed by atoms with van der Waals surface area (Å²) < 4.78 is 3.29. The zero-order valence-electron chi connectivity index (χ0n) is 15.2. The van der Waals surface area contributed by atoms with Gasteiger partial charge in [-0.15, -0.1) is 5.10 Å². The summed E-state index contributed by atoms with van der Waals surface area (Å²) in [4.78, 5) is 16.9. The maximum absolute atomic E-state index is 12.3. The first-order valence-electron chi connectivity index (χ1n) is 8.49. The summed E-state index contributed by atoms with van der Waals surface area (Å²) in [7, 11) is 0. The number of fused-ring (bicyclic) bond motifs is 1. The third-order valence-electron chi connectivity index (χ3n) is 4.32. The van der Waals surface area contributed by atoms with Crippen molar-refractivity contribution in [1.82, 2.24) is 29.6 Å². The minimum atomic E-state index is -0.0926. The Labute approximate surface area is 160 Å². The van der Waals surface area contributed by atoms with Crippen LogP contribution in [0.15, 0.2) is 52.5 Å². The van der Waals surface area contributed by atoms with Gasteiger partial charge in [0.15, 0.2) is 0 Å². The standard InChI is InChI=1S/C19H18N6OS/c1-12-7-8-24-16(9-12)20-15(10-17(24)26)11-27-19-21-22-23-25(19)18-13(2)5-4-6-14(18)3/h4-10H,11H2,1-3H3. The van der Waals surface area contributed by atoms with Crippen molar-refractivity contribution >= 4 is 17.4 Å². The van der Waals surface area contributed by atoms with Crippen molar-refractivity contribution in [2.75, 3.05) is 0 Å². The van der Waals surface area contributed by atoms with E-state index < -0.39 is 0 Å². The van der Waals surface area contributed by atoms with Crippen LogP contribution < -0.4 is 5.56 Å². The molecule has 0 aliphatic rings. The topological polar surface area (TPSA) is 78.0 Å². The van der Waals surface area contributed by atoms with Gasteiger partial charge in [0, 0.05) is 18.0 Å². The van der Waals surface area contributed by atoms with Gasteiger partial charge in [0.1, 0.15) is 5.65 Å². The van der Waals surface area contributed by atoms with E-state index in [1.54, 1.807) is 21.3 Å². The van der Waals surface area contributed by atoms with Crippen LogP contribution in [0, 0.1) is 20.8 Å². The van der Waals surface area contributed by atoms with Gasteiger partial charge in [-0.3, -0.25) is 9.20 Å². The van der Waals surface area contributed by atoms with Gasteiger partial charge in [0.2, 0.25) is 5.16 Å². The molecule has 0 unspecified atom stereocenters. The third kappa shape index (κ3) is 3.35. The summed E-state index contributed by atoms with van der Waals surface area (Å²) in [5.74, 6) is 0.505. The van der Waals surface area contributed by atoms with Crippen molar-refractivity contribution in [1.29, 1.82) is 0 Å². The molecule has 7 nitrogen and oxygen atoms in total. The van der Waals surface area contributed by atoms with E-state index in [-0.39, 0.29) is 5.56 Å². The number of para-hydroxylation sites is 1. The number of pyridine rings is 1. The van der Waals surface area contributed by atoms with Crippen LogP contribution in [0.1, 0.15) is 22.4 Å². The highest BCUT2D eigenvalue weighted by atomic mass is 32.2. The maximum atomic E-state index is 12.3. The quantitative estimate of drug-likeness (QED) is 0.508. The first-order valence-corrected chi connectivity index (χ1v) is 9.48. The Morgan fingerprint density at radius 1 is 1.07 bits per heavy atom. The largest absolute Gasteiger partial charge is 0.269 e. The molecule has 27 heavy (non-hydrogen) atoms. The number of tetrazole rings is 1. The van der Waals surface area contributed by atoms with E-state index in [4.69, 9.17) is 0 Å². The number of nitrogens with zero attached hydrogens (tertiary/aromatic N) is 6. The molecule has 0 radical (unpaired) electrons. The SMILES string of the molecule is Cc1ccn2c(=O)cc(CSc3nnnn3-c3c(C)cccc3C)nc2c1. The van der Waals surface area contributed by atoms with E-state index in [0.29, 0.717) is 22.3 Å². The van der Waals surface area contributed by atoms with E-state index >= 15 is 0 Å². The lowest BCUT2D eigenvalue weighted by Crippen LogP contribution is -2.15. The fourth-order valence-corrected chi connectivity index (χ4v) is 3.78. The molecular formula is C19H18N6OS. The lowest BCUT2D eigenvalue weighted by atomic mass is 10.1. The van der Waals surface area contributed by atoms with Gasteiger partial charge < -0.3 is 0 Å². The van der Waals surface area contributed by atoms with Crippen LogP contribution >= 0.6 is 11.8 Å². The van der Waals surface area contributed by atoms with Gasteiger partial charge in [0.25, 0.3) is 5.56 Å². The molecule has 3 aromatic heterocycles. The van der Waals surface area contributed by atoms with Crippen molar-refractivity contribution in [3.63, 3.8) is 0 Å². The molecule has 0 atom stereocenters. The van der Waals surface area contributed by atoms with Crippen LogP contribution in [-0.2, 0) is 5.75 Å². The molecule has 0 fully saturated rings. The van der Waals surface area contributed by atoms with Crippen LogP contribution in [0.3, 0.4) is 0 Å². The monoisotopic (exact) mass is 378 g/mol. The highest BCUT2D eigenvalue weighted by Crippen LogP contribution is 2.25. The Hall–Kier alpha value is -3.00. The predicted molar refractivity (Wildman–Crippen MR) is 104 cm³/mol. The second-order valence-electron chi connectivity index (χ2n) is 6.42. The number of aryl methyl sites for hydroxylation is 3. The Balaban J connectivity index is 1.65. The molecule has 8 heteroatoms. The molecule has 0 saturated carbocycles. The third-order valence-corrected chi connectivity index (χ3v) is 5.27. The van der Waals surface area contributed by atoms with Gasteiger partial charge in [-0.2, -0.15) is 4.68 Å². The van der Waals surface area contributed by atoms with E-state index in [2.05, 4.69) is 20.5 Å². The highest BCUT2D eigenvalue weighted by molar-refractivity contribution is 7.98. The molecule has 136 valence electrons. The number of aromatic nitrogens is 6. The summed E-state index contributed by atoms with van der Waals surface area (Å²) in [5, 5.41) is 12.8. The van der Waals surface area contributed by atoms with Crippen molar-refractivity contribution in [3.05, 3.63) is 75.3 Å². The van der Waals surface area contributed by atoms with Crippen molar-refractivity contribution < 1.29 is 0 Å². The zero-order valence-corrected chi connectivity index (χ0v) is 16.1. The molecule has 0 amide bonds. The van der Waals surface area contributed by atoms with E-state index in [1.807, 2.05) is 51.1 Å². The van der Waals surface area contributed by atoms with Gasteiger partial charge in [-0.25, -0.2) is 4.98 Å². The molecule has 0 aliphatic heterocycles. The Bertz CT molecular complexity index is 1180. The van der Waals surface area contributed by atoms with Crippen LogP contribution in [0.25, 0.3) is 11.3 Å². The Morgan fingerprint density at radius 2 is 1.85 bits per heavy atom. The molecule has 0 bridgehead atoms. The van der Waals surface area contributed by atoms with Gasteiger partial charge >= 0.3 is 0 Å². The predicted octanol–water partition coefficient (Wildman–Crippen LogP) is 2.89. The first kappa shape index (κ1) is 17.4. The molecule has 0 N–H and O–H groups in total. The van der Waals surface area contributed by atoms with Gasteiger partial charge in [-0.1, -0.05) is 30.0 Å². The number of benzene rings is 1. The molecule has 3 heterocycles. The maximum Gasteiger partial charge on any atom is 0.258 e. The lowest BCUT2D eigenvalue weighted by molar-refractivity contribution is 0.747. The van der Waals surface area contributed by atoms with Crippen LogP contribution in [0.2, 0.25) is 0 Å². The van der Waals surface area contributed by atoms with Crippen molar-refractivity contribution in [2.24, 2.45) is 0 Å². The smallest absolute Gasteiger partial charge is 0.258 e. The average Bonchev–Trinajstić information content (AvgIpc) is 3.07. The van der Waals surface area contributed by atoms with Crippen LogP contribution in [0.5, 0.6) is 0 Å². The minimum absolute atomic E-state index is 0.0926. The Morgan fingerprint density at radius 3 is 2.63 bits per heavy atom. The summed E-state index contributed by atoms with van der Waals surface area (Å²) in [6.07, 6.45) is 1.75. The second-order valence-corrected chi connectivity index (χ2v) is 7.36. The number of thioether (sulfide) groups is 1. The first-order chi connectivity index (χ1) is 13.0. The fourth-order valence-electron chi connectivity index (χ4n) is 3.02. The van der Waals surface area contributed by atoms with E-state index in [1.165, 1.54) is 11.8 Å². The molecule has 0 spiro atoms. The number of hydrogen-bond acceptors (Lipinski definition) is 6. The summed E-state index contributed by atoms with van der Waals surface area (Å²) >= 11 is 1.46. The molecule has 1 aromatic carbocycles.